The Morgan fingerprint density at radius 2 is 1.63 bits per heavy atom. The number of benzene rings is 1. The Balaban J connectivity index is 3.33. The van der Waals surface area contributed by atoms with Gasteiger partial charge in [0.2, 0.25) is 0 Å². The molecule has 0 aliphatic carbocycles. The number of rotatable bonds is 7. The van der Waals surface area contributed by atoms with E-state index in [9.17, 15) is 0 Å². The van der Waals surface area contributed by atoms with Crippen molar-refractivity contribution in [3.05, 3.63) is 28.2 Å². The van der Waals surface area contributed by atoms with Gasteiger partial charge < -0.3 is 13.3 Å². The first kappa shape index (κ1) is 16.3. The molecule has 0 spiro atoms. The van der Waals surface area contributed by atoms with E-state index < -0.39 is 8.80 Å². The average Bonchev–Trinajstić information content (AvgIpc) is 2.40. The molecule has 0 heterocycles. The molecule has 0 amide bonds. The van der Waals surface area contributed by atoms with Gasteiger partial charge in [0.1, 0.15) is 0 Å². The zero-order valence-corrected chi connectivity index (χ0v) is 14.0. The minimum Gasteiger partial charge on any atom is -0.370 e. The zero-order valence-electron chi connectivity index (χ0n) is 11.4. The third-order valence-corrected chi connectivity index (χ3v) is 6.57. The van der Waals surface area contributed by atoms with E-state index in [0.717, 1.165) is 9.66 Å². The van der Waals surface area contributed by atoms with Crippen molar-refractivity contribution in [2.24, 2.45) is 0 Å². The van der Waals surface area contributed by atoms with Crippen LogP contribution < -0.4 is 5.19 Å². The van der Waals surface area contributed by atoms with Crippen LogP contribution >= 0.6 is 15.9 Å². The molecule has 0 N–H and O–H groups in total. The summed E-state index contributed by atoms with van der Waals surface area (Å²) in [6, 6.07) is 7.48. The first-order valence-electron chi connectivity index (χ1n) is 6.25. The third-order valence-electron chi connectivity index (χ3n) is 2.43. The minimum absolute atomic E-state index is 0.495. The van der Waals surface area contributed by atoms with Crippen LogP contribution in [0.4, 0.5) is 0 Å². The van der Waals surface area contributed by atoms with Gasteiger partial charge in [-0.05, 0) is 39.0 Å². The summed E-state index contributed by atoms with van der Waals surface area (Å²) < 4.78 is 18.3. The van der Waals surface area contributed by atoms with Gasteiger partial charge >= 0.3 is 8.80 Å². The van der Waals surface area contributed by atoms with Crippen LogP contribution in [0.3, 0.4) is 0 Å². The molecule has 1 aromatic carbocycles. The second-order valence-electron chi connectivity index (χ2n) is 3.66. The highest BCUT2D eigenvalue weighted by Crippen LogP contribution is 2.18. The highest BCUT2D eigenvalue weighted by atomic mass is 79.9. The van der Waals surface area contributed by atoms with Crippen molar-refractivity contribution in [1.82, 2.24) is 0 Å². The Labute approximate surface area is 123 Å². The maximum absolute atomic E-state index is 9.04. The third kappa shape index (κ3) is 3.88. The van der Waals surface area contributed by atoms with Gasteiger partial charge in [0.15, 0.2) is 0 Å². The molecular formula is C13H18BrNO3Si. The molecule has 0 unspecified atom stereocenters. The summed E-state index contributed by atoms with van der Waals surface area (Å²) in [7, 11) is -2.96. The lowest BCUT2D eigenvalue weighted by molar-refractivity contribution is 0.0857. The van der Waals surface area contributed by atoms with Gasteiger partial charge in [-0.2, -0.15) is 5.26 Å². The molecule has 0 bridgehead atoms. The molecule has 0 saturated heterocycles. The van der Waals surface area contributed by atoms with Crippen molar-refractivity contribution in [2.45, 2.75) is 20.8 Å². The highest BCUT2D eigenvalue weighted by Gasteiger charge is 2.44. The summed E-state index contributed by atoms with van der Waals surface area (Å²) in [6.45, 7) is 7.20. The van der Waals surface area contributed by atoms with Gasteiger partial charge in [0.05, 0.1) is 11.6 Å². The molecule has 104 valence electrons. The van der Waals surface area contributed by atoms with Crippen molar-refractivity contribution in [2.75, 3.05) is 19.8 Å². The van der Waals surface area contributed by atoms with E-state index in [1.165, 1.54) is 0 Å². The van der Waals surface area contributed by atoms with Crippen LogP contribution in [0, 0.1) is 11.3 Å². The van der Waals surface area contributed by atoms with E-state index in [0.29, 0.717) is 25.4 Å². The summed E-state index contributed by atoms with van der Waals surface area (Å²) >= 11 is 3.49. The summed E-state index contributed by atoms with van der Waals surface area (Å²) in [6.07, 6.45) is 0. The summed E-state index contributed by atoms with van der Waals surface area (Å²) in [4.78, 5) is 0. The zero-order chi connectivity index (χ0) is 14.3. The van der Waals surface area contributed by atoms with Crippen molar-refractivity contribution in [3.63, 3.8) is 0 Å². The quantitative estimate of drug-likeness (QED) is 0.714. The van der Waals surface area contributed by atoms with Crippen LogP contribution in [0.2, 0.25) is 0 Å². The lowest BCUT2D eigenvalue weighted by Gasteiger charge is -2.29. The number of hydrogen-bond donors (Lipinski definition) is 0. The number of hydrogen-bond acceptors (Lipinski definition) is 4. The molecule has 0 saturated carbocycles. The fourth-order valence-corrected chi connectivity index (χ4v) is 5.30. The molecule has 0 aliphatic heterocycles. The van der Waals surface area contributed by atoms with E-state index in [2.05, 4.69) is 22.0 Å². The minimum atomic E-state index is -2.96. The van der Waals surface area contributed by atoms with Gasteiger partial charge in [-0.25, -0.2) is 0 Å². The van der Waals surface area contributed by atoms with Crippen LogP contribution in [0.5, 0.6) is 0 Å². The van der Waals surface area contributed by atoms with Gasteiger partial charge in [-0.15, -0.1) is 0 Å². The lowest BCUT2D eigenvalue weighted by atomic mass is 10.2. The van der Waals surface area contributed by atoms with Crippen molar-refractivity contribution in [1.29, 1.82) is 5.26 Å². The molecule has 1 aromatic rings. The predicted molar refractivity (Wildman–Crippen MR) is 79.1 cm³/mol. The number of halogens is 1. The first-order valence-corrected chi connectivity index (χ1v) is 8.77. The summed E-state index contributed by atoms with van der Waals surface area (Å²) in [5.74, 6) is 0. The maximum Gasteiger partial charge on any atom is 0.538 e. The van der Waals surface area contributed by atoms with Crippen LogP contribution in [-0.2, 0) is 13.3 Å². The fourth-order valence-electron chi connectivity index (χ4n) is 1.76. The molecule has 0 aromatic heterocycles. The second-order valence-corrected chi connectivity index (χ2v) is 7.03. The first-order chi connectivity index (χ1) is 9.13. The largest absolute Gasteiger partial charge is 0.538 e. The van der Waals surface area contributed by atoms with Crippen LogP contribution in [0.15, 0.2) is 22.7 Å². The molecule has 1 rings (SSSR count). The summed E-state index contributed by atoms with van der Waals surface area (Å²) in [5.41, 5.74) is 0.564. The van der Waals surface area contributed by atoms with E-state index in [1.54, 1.807) is 12.1 Å². The Morgan fingerprint density at radius 3 is 2.05 bits per heavy atom. The molecule has 0 aliphatic rings. The molecular weight excluding hydrogens is 326 g/mol. The molecule has 19 heavy (non-hydrogen) atoms. The van der Waals surface area contributed by atoms with E-state index in [1.807, 2.05) is 26.8 Å². The monoisotopic (exact) mass is 343 g/mol. The fraction of sp³-hybridized carbons (Fsp3) is 0.462. The van der Waals surface area contributed by atoms with Crippen molar-refractivity contribution in [3.8, 4) is 6.07 Å². The van der Waals surface area contributed by atoms with Crippen molar-refractivity contribution < 1.29 is 13.3 Å². The highest BCUT2D eigenvalue weighted by molar-refractivity contribution is 9.10. The molecule has 0 fully saturated rings. The Kier molecular flexibility index (Phi) is 6.69. The smallest absolute Gasteiger partial charge is 0.370 e. The molecule has 0 radical (unpaired) electrons. The van der Waals surface area contributed by atoms with Crippen LogP contribution in [0.25, 0.3) is 0 Å². The number of nitriles is 1. The van der Waals surface area contributed by atoms with Gasteiger partial charge in [0, 0.05) is 29.5 Å². The van der Waals surface area contributed by atoms with Gasteiger partial charge in [0.25, 0.3) is 0 Å². The molecule has 6 heteroatoms. The number of nitrogens with zero attached hydrogens (tertiary/aromatic N) is 1. The molecule has 0 atom stereocenters. The van der Waals surface area contributed by atoms with Crippen molar-refractivity contribution >= 4 is 29.9 Å². The Morgan fingerprint density at radius 1 is 1.11 bits per heavy atom. The standard InChI is InChI=1S/C13H18BrNO3Si/c1-4-16-19(17-5-2,18-6-3)13-9-11(10-15)7-8-12(13)14/h7-9H,4-6H2,1-3H3. The predicted octanol–water partition coefficient (Wildman–Crippen LogP) is 2.58. The maximum atomic E-state index is 9.04. The molecule has 4 nitrogen and oxygen atoms in total. The van der Waals surface area contributed by atoms with Gasteiger partial charge in [-0.1, -0.05) is 15.9 Å². The van der Waals surface area contributed by atoms with E-state index in [-0.39, 0.29) is 0 Å². The van der Waals surface area contributed by atoms with E-state index >= 15 is 0 Å². The topological polar surface area (TPSA) is 51.5 Å². The van der Waals surface area contributed by atoms with E-state index in [4.69, 9.17) is 18.5 Å². The normalized spacial score (nSPS) is 11.3. The average molecular weight is 344 g/mol. The Bertz CT molecular complexity index is 445. The lowest BCUT2D eigenvalue weighted by Crippen LogP contribution is -2.57. The second kappa shape index (κ2) is 7.77. The summed E-state index contributed by atoms with van der Waals surface area (Å²) in [5, 5.41) is 9.84. The van der Waals surface area contributed by atoms with Crippen LogP contribution in [-0.4, -0.2) is 28.6 Å². The van der Waals surface area contributed by atoms with Gasteiger partial charge in [-0.3, -0.25) is 0 Å². The SMILES string of the molecule is CCO[Si](OCC)(OCC)c1cc(C#N)ccc1Br. The van der Waals surface area contributed by atoms with Crippen LogP contribution in [0.1, 0.15) is 26.3 Å². The Hall–Kier alpha value is -0.713.